The van der Waals surface area contributed by atoms with Crippen molar-refractivity contribution >= 4 is 16.3 Å². The molecule has 0 saturated carbocycles. The molecule has 6 nitrogen and oxygen atoms in total. The number of ether oxygens (including phenoxy) is 2. The van der Waals surface area contributed by atoms with Crippen LogP contribution in [0.5, 0.6) is 5.75 Å². The van der Waals surface area contributed by atoms with Gasteiger partial charge in [-0.3, -0.25) is 0 Å². The van der Waals surface area contributed by atoms with E-state index in [0.29, 0.717) is 13.0 Å². The third-order valence-electron chi connectivity index (χ3n) is 2.92. The van der Waals surface area contributed by atoms with Crippen LogP contribution in [-0.2, 0) is 11.2 Å². The minimum absolute atomic E-state index is 0.600. The van der Waals surface area contributed by atoms with E-state index in [2.05, 4.69) is 15.3 Å². The zero-order valence-corrected chi connectivity index (χ0v) is 12.1. The van der Waals surface area contributed by atoms with Crippen molar-refractivity contribution in [2.45, 2.75) is 6.42 Å². The Bertz CT molecular complexity index is 722. The van der Waals surface area contributed by atoms with Gasteiger partial charge in [0.1, 0.15) is 5.75 Å². The van der Waals surface area contributed by atoms with Gasteiger partial charge in [0.2, 0.25) is 4.96 Å². The van der Waals surface area contributed by atoms with Crippen molar-refractivity contribution in [3.8, 4) is 16.3 Å². The van der Waals surface area contributed by atoms with Gasteiger partial charge >= 0.3 is 0 Å². The molecular weight excluding hydrogens is 276 g/mol. The minimum Gasteiger partial charge on any atom is -0.496 e. The van der Waals surface area contributed by atoms with E-state index in [1.807, 2.05) is 24.3 Å². The Morgan fingerprint density at radius 3 is 2.85 bits per heavy atom. The van der Waals surface area contributed by atoms with Gasteiger partial charge in [0.15, 0.2) is 10.8 Å². The van der Waals surface area contributed by atoms with Crippen molar-refractivity contribution < 1.29 is 9.47 Å². The van der Waals surface area contributed by atoms with Gasteiger partial charge in [0, 0.05) is 13.5 Å². The van der Waals surface area contributed by atoms with E-state index >= 15 is 0 Å². The predicted octanol–water partition coefficient (Wildman–Crippen LogP) is 2.05. The van der Waals surface area contributed by atoms with Crippen LogP contribution in [0.25, 0.3) is 15.5 Å². The fourth-order valence-corrected chi connectivity index (χ4v) is 2.83. The Labute approximate surface area is 120 Å². The van der Waals surface area contributed by atoms with Gasteiger partial charge in [-0.05, 0) is 12.1 Å². The van der Waals surface area contributed by atoms with Crippen molar-refractivity contribution in [2.75, 3.05) is 20.8 Å². The summed E-state index contributed by atoms with van der Waals surface area (Å²) < 4.78 is 12.2. The van der Waals surface area contributed by atoms with Crippen LogP contribution in [0.15, 0.2) is 24.3 Å². The number of rotatable bonds is 5. The van der Waals surface area contributed by atoms with Crippen molar-refractivity contribution in [2.24, 2.45) is 0 Å². The minimum atomic E-state index is 0.600. The summed E-state index contributed by atoms with van der Waals surface area (Å²) in [5.74, 6) is 1.61. The SMILES string of the molecule is COCCc1nnc2sc(-c3ccccc3OC)nn12. The highest BCUT2D eigenvalue weighted by molar-refractivity contribution is 7.19. The van der Waals surface area contributed by atoms with Crippen LogP contribution in [0.1, 0.15) is 5.82 Å². The first-order valence-corrected chi connectivity index (χ1v) is 6.98. The number of nitrogens with zero attached hydrogens (tertiary/aromatic N) is 4. The van der Waals surface area contributed by atoms with E-state index in [4.69, 9.17) is 9.47 Å². The molecule has 0 radical (unpaired) electrons. The molecule has 0 aliphatic rings. The average Bonchev–Trinajstić information content (AvgIpc) is 3.05. The van der Waals surface area contributed by atoms with Crippen molar-refractivity contribution in [3.63, 3.8) is 0 Å². The number of hydrogen-bond donors (Lipinski definition) is 0. The lowest BCUT2D eigenvalue weighted by Crippen LogP contribution is -2.01. The Balaban J connectivity index is 2.02. The molecular formula is C13H14N4O2S. The Kier molecular flexibility index (Phi) is 3.62. The summed E-state index contributed by atoms with van der Waals surface area (Å²) >= 11 is 1.49. The third-order valence-corrected chi connectivity index (χ3v) is 3.85. The molecule has 0 spiro atoms. The molecule has 0 fully saturated rings. The molecule has 0 unspecified atom stereocenters. The largest absolute Gasteiger partial charge is 0.496 e. The highest BCUT2D eigenvalue weighted by Gasteiger charge is 2.15. The molecule has 20 heavy (non-hydrogen) atoms. The van der Waals surface area contributed by atoms with E-state index in [0.717, 1.165) is 27.1 Å². The van der Waals surface area contributed by atoms with Gasteiger partial charge < -0.3 is 9.47 Å². The summed E-state index contributed by atoms with van der Waals surface area (Å²) in [6.07, 6.45) is 0.687. The first-order valence-electron chi connectivity index (χ1n) is 6.17. The second-order valence-corrected chi connectivity index (χ2v) is 5.12. The van der Waals surface area contributed by atoms with E-state index in [-0.39, 0.29) is 0 Å². The smallest absolute Gasteiger partial charge is 0.234 e. The maximum atomic E-state index is 5.37. The molecule has 3 rings (SSSR count). The maximum absolute atomic E-state index is 5.37. The number of para-hydroxylation sites is 1. The Morgan fingerprint density at radius 2 is 2.05 bits per heavy atom. The molecule has 3 aromatic rings. The maximum Gasteiger partial charge on any atom is 0.234 e. The molecule has 0 aliphatic carbocycles. The molecule has 2 heterocycles. The Hall–Kier alpha value is -1.99. The summed E-state index contributed by atoms with van der Waals surface area (Å²) in [4.78, 5) is 0.775. The van der Waals surface area contributed by atoms with Crippen molar-refractivity contribution in [3.05, 3.63) is 30.1 Å². The molecule has 0 N–H and O–H groups in total. The molecule has 1 aromatic carbocycles. The number of aromatic nitrogens is 4. The number of methoxy groups -OCH3 is 2. The van der Waals surface area contributed by atoms with Crippen LogP contribution >= 0.6 is 11.3 Å². The van der Waals surface area contributed by atoms with Gasteiger partial charge in [-0.2, -0.15) is 9.61 Å². The molecule has 7 heteroatoms. The molecule has 2 aromatic heterocycles. The first kappa shape index (κ1) is 13.0. The molecule has 0 atom stereocenters. The fraction of sp³-hybridized carbons (Fsp3) is 0.308. The van der Waals surface area contributed by atoms with Gasteiger partial charge in [0.05, 0.1) is 19.3 Å². The lowest BCUT2D eigenvalue weighted by Gasteiger charge is -2.03. The van der Waals surface area contributed by atoms with E-state index in [1.54, 1.807) is 18.7 Å². The van der Waals surface area contributed by atoms with Gasteiger partial charge in [-0.15, -0.1) is 10.2 Å². The van der Waals surface area contributed by atoms with Gasteiger partial charge in [0.25, 0.3) is 0 Å². The zero-order valence-electron chi connectivity index (χ0n) is 11.2. The molecule has 0 saturated heterocycles. The lowest BCUT2D eigenvalue weighted by atomic mass is 10.2. The highest BCUT2D eigenvalue weighted by Crippen LogP contribution is 2.32. The number of fused-ring (bicyclic) bond motifs is 1. The average molecular weight is 290 g/mol. The van der Waals surface area contributed by atoms with Crippen LogP contribution in [0.3, 0.4) is 0 Å². The van der Waals surface area contributed by atoms with Crippen LogP contribution in [0.4, 0.5) is 0 Å². The topological polar surface area (TPSA) is 61.5 Å². The monoisotopic (exact) mass is 290 g/mol. The van der Waals surface area contributed by atoms with Gasteiger partial charge in [-0.1, -0.05) is 23.5 Å². The normalized spacial score (nSPS) is 11.1. The van der Waals surface area contributed by atoms with Crippen LogP contribution < -0.4 is 4.74 Å². The number of benzene rings is 1. The fourth-order valence-electron chi connectivity index (χ4n) is 1.94. The summed E-state index contributed by atoms with van der Waals surface area (Å²) in [5.41, 5.74) is 0.961. The summed E-state index contributed by atoms with van der Waals surface area (Å²) in [7, 11) is 3.32. The summed E-state index contributed by atoms with van der Waals surface area (Å²) in [5, 5.41) is 13.7. The summed E-state index contributed by atoms with van der Waals surface area (Å²) in [6.45, 7) is 0.600. The van der Waals surface area contributed by atoms with Crippen molar-refractivity contribution in [1.82, 2.24) is 19.8 Å². The third kappa shape index (κ3) is 2.25. The van der Waals surface area contributed by atoms with Crippen LogP contribution in [0, 0.1) is 0 Å². The molecule has 0 aliphatic heterocycles. The Morgan fingerprint density at radius 1 is 1.20 bits per heavy atom. The highest BCUT2D eigenvalue weighted by atomic mass is 32.1. The summed E-state index contributed by atoms with van der Waals surface area (Å²) in [6, 6.07) is 7.81. The van der Waals surface area contributed by atoms with Crippen LogP contribution in [-0.4, -0.2) is 40.6 Å². The van der Waals surface area contributed by atoms with Crippen LogP contribution in [0.2, 0.25) is 0 Å². The van der Waals surface area contributed by atoms with Gasteiger partial charge in [-0.25, -0.2) is 0 Å². The van der Waals surface area contributed by atoms with E-state index in [1.165, 1.54) is 11.3 Å². The molecule has 0 amide bonds. The predicted molar refractivity (Wildman–Crippen MR) is 76.2 cm³/mol. The zero-order chi connectivity index (χ0) is 13.9. The second-order valence-electron chi connectivity index (χ2n) is 4.16. The number of hydrogen-bond acceptors (Lipinski definition) is 6. The molecule has 104 valence electrons. The van der Waals surface area contributed by atoms with Crippen molar-refractivity contribution in [1.29, 1.82) is 0 Å². The quantitative estimate of drug-likeness (QED) is 0.719. The standard InChI is InChI=1S/C13H14N4O2S/c1-18-8-7-11-14-15-13-17(11)16-12(20-13)9-5-3-4-6-10(9)19-2/h3-6H,7-8H2,1-2H3. The van der Waals surface area contributed by atoms with E-state index < -0.39 is 0 Å². The first-order chi connectivity index (χ1) is 9.83. The lowest BCUT2D eigenvalue weighted by molar-refractivity contribution is 0.200. The second kappa shape index (κ2) is 5.56. The molecule has 0 bridgehead atoms. The van der Waals surface area contributed by atoms with E-state index in [9.17, 15) is 0 Å².